The highest BCUT2D eigenvalue weighted by Crippen LogP contribution is 2.30. The Morgan fingerprint density at radius 2 is 1.50 bits per heavy atom. The molecule has 4 atom stereocenters. The van der Waals surface area contributed by atoms with Crippen LogP contribution in [-0.4, -0.2) is 17.7 Å². The smallest absolute Gasteiger partial charge is 0.225 e. The maximum atomic E-state index is 11.4. The van der Waals surface area contributed by atoms with Crippen molar-refractivity contribution in [1.82, 2.24) is 5.32 Å². The molecule has 3 nitrogen and oxygen atoms in total. The van der Waals surface area contributed by atoms with Crippen LogP contribution in [0.15, 0.2) is 0 Å². The molecule has 0 bridgehead atoms. The van der Waals surface area contributed by atoms with E-state index in [9.17, 15) is 9.59 Å². The molecule has 1 N–H and O–H groups in total. The van der Waals surface area contributed by atoms with Crippen LogP contribution in [0.4, 0.5) is 0 Å². The van der Waals surface area contributed by atoms with Gasteiger partial charge in [-0.15, -0.1) is 0 Å². The minimum absolute atomic E-state index is 0.303. The summed E-state index contributed by atoms with van der Waals surface area (Å²) in [5.41, 5.74) is 0. The maximum absolute atomic E-state index is 11.4. The predicted octanol–water partition coefficient (Wildman–Crippen LogP) is 5.03. The number of hydrogen-bond donors (Lipinski definition) is 1. The Hall–Kier alpha value is -0.860. The first-order valence-electron chi connectivity index (χ1n) is 10.4. The van der Waals surface area contributed by atoms with Gasteiger partial charge in [0.2, 0.25) is 5.91 Å². The lowest BCUT2D eigenvalue weighted by Gasteiger charge is -2.38. The fourth-order valence-corrected chi connectivity index (χ4v) is 4.75. The number of amides is 1. The molecule has 3 fully saturated rings. The molecule has 0 aromatic carbocycles. The number of β-lactam (4-membered cyclic amide) rings is 1. The van der Waals surface area contributed by atoms with Crippen LogP contribution in [0.25, 0.3) is 0 Å². The summed E-state index contributed by atoms with van der Waals surface area (Å²) < 4.78 is 0. The third kappa shape index (κ3) is 5.60. The Morgan fingerprint density at radius 3 is 2.08 bits per heavy atom. The van der Waals surface area contributed by atoms with E-state index in [-0.39, 0.29) is 0 Å². The van der Waals surface area contributed by atoms with Gasteiger partial charge in [0.25, 0.3) is 0 Å². The van der Waals surface area contributed by atoms with E-state index in [1.165, 1.54) is 70.6 Å². The molecule has 1 heterocycles. The zero-order valence-corrected chi connectivity index (χ0v) is 15.8. The Kier molecular flexibility index (Phi) is 8.28. The minimum atomic E-state index is 0.303. The number of hydrogen-bond acceptors (Lipinski definition) is 2. The summed E-state index contributed by atoms with van der Waals surface area (Å²) in [4.78, 5) is 22.5. The van der Waals surface area contributed by atoms with Crippen molar-refractivity contribution < 1.29 is 9.59 Å². The van der Waals surface area contributed by atoms with Gasteiger partial charge in [-0.25, -0.2) is 0 Å². The SMILES string of the molecule is CC[C@@H]1CCCCCCC1C(C)=O.O=C1N[C@@H]2CCCCCCC12. The summed E-state index contributed by atoms with van der Waals surface area (Å²) in [6, 6.07) is 0.544. The molecule has 24 heavy (non-hydrogen) atoms. The lowest BCUT2D eigenvalue weighted by Crippen LogP contribution is -2.58. The molecule has 138 valence electrons. The van der Waals surface area contributed by atoms with Gasteiger partial charge in [-0.2, -0.15) is 0 Å². The molecule has 3 aliphatic rings. The lowest BCUT2D eigenvalue weighted by molar-refractivity contribution is -0.136. The predicted molar refractivity (Wildman–Crippen MR) is 98.8 cm³/mol. The van der Waals surface area contributed by atoms with Gasteiger partial charge in [-0.3, -0.25) is 9.59 Å². The van der Waals surface area contributed by atoms with Crippen LogP contribution < -0.4 is 5.32 Å². The largest absolute Gasteiger partial charge is 0.352 e. The van der Waals surface area contributed by atoms with E-state index < -0.39 is 0 Å². The van der Waals surface area contributed by atoms with Crippen molar-refractivity contribution in [2.24, 2.45) is 17.8 Å². The summed E-state index contributed by atoms with van der Waals surface area (Å²) in [6.07, 6.45) is 16.5. The minimum Gasteiger partial charge on any atom is -0.352 e. The molecule has 3 heteroatoms. The molecular weight excluding hydrogens is 298 g/mol. The molecule has 0 radical (unpaired) electrons. The Balaban J connectivity index is 0.000000175. The molecule has 2 aliphatic carbocycles. The maximum Gasteiger partial charge on any atom is 0.225 e. The van der Waals surface area contributed by atoms with Crippen molar-refractivity contribution >= 4 is 11.7 Å². The number of Topliss-reactive ketones (excluding diaryl/α,β-unsaturated/α-hetero) is 1. The topological polar surface area (TPSA) is 46.2 Å². The van der Waals surface area contributed by atoms with Crippen LogP contribution in [0.3, 0.4) is 0 Å². The first-order valence-corrected chi connectivity index (χ1v) is 10.4. The average molecular weight is 336 g/mol. The van der Waals surface area contributed by atoms with Gasteiger partial charge >= 0.3 is 0 Å². The second-order valence-electron chi connectivity index (χ2n) is 8.09. The third-order valence-corrected chi connectivity index (χ3v) is 6.39. The molecule has 1 aliphatic heterocycles. The number of nitrogens with one attached hydrogen (secondary N) is 1. The molecule has 1 saturated heterocycles. The summed E-state index contributed by atoms with van der Waals surface area (Å²) in [5, 5.41) is 2.97. The summed E-state index contributed by atoms with van der Waals surface area (Å²) in [6.45, 7) is 4.00. The van der Waals surface area contributed by atoms with E-state index in [0.717, 1.165) is 12.8 Å². The standard InChI is InChI=1S/C12H22O.C9H15NO/c1-3-11-8-6-4-5-7-9-12(11)10(2)13;11-9-7-5-3-1-2-4-6-8(7)10-9/h11-12H,3-9H2,1-2H3;7-8H,1-6H2,(H,10,11)/t11-,12?;7?,8-/m11/s1. The summed E-state index contributed by atoms with van der Waals surface area (Å²) in [7, 11) is 0. The fourth-order valence-electron chi connectivity index (χ4n) is 4.75. The highest BCUT2D eigenvalue weighted by molar-refractivity contribution is 5.85. The van der Waals surface area contributed by atoms with Crippen molar-refractivity contribution in [3.63, 3.8) is 0 Å². The van der Waals surface area contributed by atoms with Gasteiger partial charge in [0.1, 0.15) is 5.78 Å². The van der Waals surface area contributed by atoms with Gasteiger partial charge < -0.3 is 5.32 Å². The van der Waals surface area contributed by atoms with Crippen molar-refractivity contribution in [1.29, 1.82) is 0 Å². The van der Waals surface area contributed by atoms with Crippen molar-refractivity contribution in [3.8, 4) is 0 Å². The second-order valence-corrected chi connectivity index (χ2v) is 8.09. The van der Waals surface area contributed by atoms with E-state index in [1.807, 2.05) is 0 Å². The van der Waals surface area contributed by atoms with Crippen LogP contribution >= 0.6 is 0 Å². The highest BCUT2D eigenvalue weighted by Gasteiger charge is 2.38. The fraction of sp³-hybridized carbons (Fsp3) is 0.905. The van der Waals surface area contributed by atoms with Crippen LogP contribution in [0, 0.1) is 17.8 Å². The quantitative estimate of drug-likeness (QED) is 0.720. The molecule has 2 saturated carbocycles. The van der Waals surface area contributed by atoms with E-state index >= 15 is 0 Å². The van der Waals surface area contributed by atoms with Crippen LogP contribution in [0.5, 0.6) is 0 Å². The number of ketones is 1. The third-order valence-electron chi connectivity index (χ3n) is 6.39. The number of rotatable bonds is 2. The van der Waals surface area contributed by atoms with E-state index in [0.29, 0.717) is 35.5 Å². The first-order chi connectivity index (χ1) is 11.6. The normalized spacial score (nSPS) is 33.8. The van der Waals surface area contributed by atoms with Gasteiger partial charge in [-0.05, 0) is 38.5 Å². The molecule has 2 unspecified atom stereocenters. The molecule has 1 amide bonds. The number of fused-ring (bicyclic) bond motifs is 1. The van der Waals surface area contributed by atoms with E-state index in [2.05, 4.69) is 12.2 Å². The highest BCUT2D eigenvalue weighted by atomic mass is 16.2. The van der Waals surface area contributed by atoms with Crippen molar-refractivity contribution in [2.45, 2.75) is 103 Å². The first kappa shape index (κ1) is 19.5. The van der Waals surface area contributed by atoms with Gasteiger partial charge in [-0.1, -0.05) is 64.7 Å². The Labute approximate surface area is 148 Å². The van der Waals surface area contributed by atoms with E-state index in [4.69, 9.17) is 0 Å². The van der Waals surface area contributed by atoms with Crippen LogP contribution in [-0.2, 0) is 9.59 Å². The summed E-state index contributed by atoms with van der Waals surface area (Å²) in [5.74, 6) is 2.17. The van der Waals surface area contributed by atoms with Crippen molar-refractivity contribution in [2.75, 3.05) is 0 Å². The van der Waals surface area contributed by atoms with E-state index in [1.54, 1.807) is 6.92 Å². The molecule has 0 aromatic rings. The zero-order valence-electron chi connectivity index (χ0n) is 15.8. The average Bonchev–Trinajstić information content (AvgIpc) is 2.50. The molecule has 0 aromatic heterocycles. The van der Waals surface area contributed by atoms with Crippen LogP contribution in [0.1, 0.15) is 97.3 Å². The lowest BCUT2D eigenvalue weighted by atomic mass is 9.78. The molecular formula is C21H37NO2. The number of carbonyl (C=O) groups is 2. The molecule has 0 spiro atoms. The Bertz CT molecular complexity index is 407. The zero-order chi connectivity index (χ0) is 17.4. The summed E-state index contributed by atoms with van der Waals surface area (Å²) >= 11 is 0. The van der Waals surface area contributed by atoms with Gasteiger partial charge in [0.05, 0.1) is 5.92 Å². The second kappa shape index (κ2) is 10.2. The molecule has 3 rings (SSSR count). The number of carbonyl (C=O) groups excluding carboxylic acids is 2. The van der Waals surface area contributed by atoms with Gasteiger partial charge in [0.15, 0.2) is 0 Å². The van der Waals surface area contributed by atoms with Crippen LogP contribution in [0.2, 0.25) is 0 Å². The monoisotopic (exact) mass is 335 g/mol. The van der Waals surface area contributed by atoms with Gasteiger partial charge in [0, 0.05) is 12.0 Å². The van der Waals surface area contributed by atoms with Crippen molar-refractivity contribution in [3.05, 3.63) is 0 Å². The Morgan fingerprint density at radius 1 is 0.917 bits per heavy atom.